The number of carbonyl (C=O) groups excluding carboxylic acids is 1. The molecule has 1 aliphatic rings. The van der Waals surface area contributed by atoms with Gasteiger partial charge >= 0.3 is 0 Å². The number of aromatic nitrogens is 2. The van der Waals surface area contributed by atoms with Crippen LogP contribution in [0.15, 0.2) is 48.5 Å². The quantitative estimate of drug-likeness (QED) is 0.639. The second-order valence-corrected chi connectivity index (χ2v) is 8.38. The van der Waals surface area contributed by atoms with Gasteiger partial charge in [0.15, 0.2) is 0 Å². The summed E-state index contributed by atoms with van der Waals surface area (Å²) in [6.07, 6.45) is 0.259. The largest absolute Gasteiger partial charge is 0.484 e. The third-order valence-electron chi connectivity index (χ3n) is 6.07. The van der Waals surface area contributed by atoms with Crippen LogP contribution in [0.25, 0.3) is 0 Å². The van der Waals surface area contributed by atoms with Gasteiger partial charge in [0.25, 0.3) is 0 Å². The van der Waals surface area contributed by atoms with Gasteiger partial charge < -0.3 is 9.64 Å². The van der Waals surface area contributed by atoms with Crippen LogP contribution < -0.4 is 4.74 Å². The van der Waals surface area contributed by atoms with E-state index in [0.717, 1.165) is 34.7 Å². The van der Waals surface area contributed by atoms with Gasteiger partial charge in [-0.1, -0.05) is 36.4 Å². The second kappa shape index (κ2) is 9.53. The second-order valence-electron chi connectivity index (χ2n) is 8.38. The van der Waals surface area contributed by atoms with E-state index in [0.29, 0.717) is 25.2 Å². The summed E-state index contributed by atoms with van der Waals surface area (Å²) in [6, 6.07) is 14.4. The number of H-pyrrole nitrogens is 1. The van der Waals surface area contributed by atoms with E-state index in [4.69, 9.17) is 4.74 Å². The molecule has 2 aromatic carbocycles. The van der Waals surface area contributed by atoms with Crippen LogP contribution in [0.5, 0.6) is 5.75 Å². The van der Waals surface area contributed by atoms with E-state index in [1.54, 1.807) is 17.0 Å². The number of aromatic amines is 1. The highest BCUT2D eigenvalue weighted by Crippen LogP contribution is 2.32. The number of para-hydroxylation sites is 1. The first-order valence-corrected chi connectivity index (χ1v) is 10.9. The maximum atomic E-state index is 14.5. The van der Waals surface area contributed by atoms with Gasteiger partial charge in [-0.15, -0.1) is 0 Å². The van der Waals surface area contributed by atoms with Gasteiger partial charge in [-0.05, 0) is 38.0 Å². The van der Waals surface area contributed by atoms with Crippen LogP contribution in [0.3, 0.4) is 0 Å². The number of halogens is 1. The SMILES string of the molecule is Cc1n[nH]c(C)c1CCN(C)C(=O)CN1Cc2ccccc2O[C@H](c2ccccc2F)C1. The van der Waals surface area contributed by atoms with Crippen molar-refractivity contribution in [3.63, 3.8) is 0 Å². The number of amides is 1. The number of nitrogens with zero attached hydrogens (tertiary/aromatic N) is 3. The molecule has 168 valence electrons. The number of benzene rings is 2. The summed E-state index contributed by atoms with van der Waals surface area (Å²) >= 11 is 0. The standard InChI is InChI=1S/C25H29FN4O2/c1-17-20(18(2)28-27-17)12-13-29(3)25(31)16-30-14-19-8-4-7-11-23(19)32-24(15-30)21-9-5-6-10-22(21)26/h4-11,24H,12-16H2,1-3H3,(H,27,28)/t24-/m0/s1. The molecular formula is C25H29FN4O2. The first-order chi connectivity index (χ1) is 15.4. The molecule has 6 nitrogen and oxygen atoms in total. The molecule has 0 spiro atoms. The molecule has 3 aromatic rings. The summed E-state index contributed by atoms with van der Waals surface area (Å²) in [5, 5.41) is 7.22. The number of hydrogen-bond acceptors (Lipinski definition) is 4. The van der Waals surface area contributed by atoms with E-state index in [2.05, 4.69) is 10.2 Å². The van der Waals surface area contributed by atoms with Crippen molar-refractivity contribution < 1.29 is 13.9 Å². The number of carbonyl (C=O) groups is 1. The fraction of sp³-hybridized carbons (Fsp3) is 0.360. The highest BCUT2D eigenvalue weighted by molar-refractivity contribution is 5.78. The lowest BCUT2D eigenvalue weighted by atomic mass is 10.1. The van der Waals surface area contributed by atoms with Gasteiger partial charge in [-0.3, -0.25) is 14.8 Å². The fourth-order valence-electron chi connectivity index (χ4n) is 4.16. The Morgan fingerprint density at radius 1 is 1.22 bits per heavy atom. The van der Waals surface area contributed by atoms with Crippen LogP contribution >= 0.6 is 0 Å². The molecule has 1 aromatic heterocycles. The smallest absolute Gasteiger partial charge is 0.236 e. The molecule has 0 unspecified atom stereocenters. The molecule has 4 rings (SSSR count). The van der Waals surface area contributed by atoms with Gasteiger partial charge in [0.2, 0.25) is 5.91 Å². The topological polar surface area (TPSA) is 61.5 Å². The average Bonchev–Trinajstić information content (AvgIpc) is 2.99. The molecule has 0 radical (unpaired) electrons. The van der Waals surface area contributed by atoms with E-state index in [9.17, 15) is 9.18 Å². The molecule has 1 amide bonds. The minimum atomic E-state index is -0.491. The summed E-state index contributed by atoms with van der Waals surface area (Å²) in [7, 11) is 1.82. The van der Waals surface area contributed by atoms with Crippen molar-refractivity contribution in [3.05, 3.63) is 82.4 Å². The number of likely N-dealkylation sites (N-methyl/N-ethyl adjacent to an activating group) is 1. The van der Waals surface area contributed by atoms with Crippen LogP contribution in [0.2, 0.25) is 0 Å². The maximum Gasteiger partial charge on any atom is 0.236 e. The lowest BCUT2D eigenvalue weighted by Gasteiger charge is -2.26. The number of hydrogen-bond donors (Lipinski definition) is 1. The van der Waals surface area contributed by atoms with Gasteiger partial charge in [-0.25, -0.2) is 4.39 Å². The van der Waals surface area contributed by atoms with E-state index in [-0.39, 0.29) is 18.3 Å². The Balaban J connectivity index is 1.48. The molecule has 0 aliphatic carbocycles. The van der Waals surface area contributed by atoms with Crippen molar-refractivity contribution in [2.45, 2.75) is 32.9 Å². The minimum Gasteiger partial charge on any atom is -0.484 e. The average molecular weight is 437 g/mol. The Hall–Kier alpha value is -3.19. The highest BCUT2D eigenvalue weighted by atomic mass is 19.1. The molecule has 1 N–H and O–H groups in total. The molecule has 7 heteroatoms. The number of fused-ring (bicyclic) bond motifs is 1. The van der Waals surface area contributed by atoms with Crippen LogP contribution in [-0.2, 0) is 17.8 Å². The van der Waals surface area contributed by atoms with Crippen molar-refractivity contribution in [3.8, 4) is 5.75 Å². The Bertz CT molecular complexity index is 1080. The molecule has 1 atom stereocenters. The molecule has 2 heterocycles. The molecule has 0 saturated carbocycles. The summed E-state index contributed by atoms with van der Waals surface area (Å²) in [4.78, 5) is 16.8. The Kier molecular flexibility index (Phi) is 6.55. The third kappa shape index (κ3) is 4.83. The zero-order valence-corrected chi connectivity index (χ0v) is 18.8. The maximum absolute atomic E-state index is 14.5. The lowest BCUT2D eigenvalue weighted by molar-refractivity contribution is -0.131. The monoisotopic (exact) mass is 436 g/mol. The highest BCUT2D eigenvalue weighted by Gasteiger charge is 2.27. The van der Waals surface area contributed by atoms with Gasteiger partial charge in [0, 0.05) is 43.5 Å². The molecule has 1 aliphatic heterocycles. The predicted molar refractivity (Wildman–Crippen MR) is 121 cm³/mol. The van der Waals surface area contributed by atoms with Crippen molar-refractivity contribution in [1.82, 2.24) is 20.0 Å². The van der Waals surface area contributed by atoms with E-state index in [1.807, 2.05) is 56.1 Å². The summed E-state index contributed by atoms with van der Waals surface area (Å²) in [5.74, 6) is 0.455. The number of ether oxygens (including phenoxy) is 1. The van der Waals surface area contributed by atoms with Crippen LogP contribution in [-0.4, -0.2) is 52.6 Å². The Morgan fingerprint density at radius 3 is 2.72 bits per heavy atom. The normalized spacial score (nSPS) is 16.2. The summed E-state index contributed by atoms with van der Waals surface area (Å²) in [6.45, 7) is 5.81. The summed E-state index contributed by atoms with van der Waals surface area (Å²) < 4.78 is 20.7. The Labute approximate surface area is 188 Å². The first-order valence-electron chi connectivity index (χ1n) is 10.9. The van der Waals surface area contributed by atoms with Crippen molar-refractivity contribution in [2.24, 2.45) is 0 Å². The van der Waals surface area contributed by atoms with Gasteiger partial charge in [0.05, 0.1) is 12.2 Å². The van der Waals surface area contributed by atoms with E-state index < -0.39 is 6.10 Å². The van der Waals surface area contributed by atoms with Gasteiger partial charge in [0.1, 0.15) is 17.7 Å². The number of aryl methyl sites for hydroxylation is 2. The zero-order valence-electron chi connectivity index (χ0n) is 18.8. The number of rotatable bonds is 6. The van der Waals surface area contributed by atoms with Crippen molar-refractivity contribution in [2.75, 3.05) is 26.7 Å². The van der Waals surface area contributed by atoms with Crippen LogP contribution in [0.4, 0.5) is 4.39 Å². The lowest BCUT2D eigenvalue weighted by Crippen LogP contribution is -2.40. The van der Waals surface area contributed by atoms with E-state index in [1.165, 1.54) is 6.07 Å². The minimum absolute atomic E-state index is 0.0236. The predicted octanol–water partition coefficient (Wildman–Crippen LogP) is 3.80. The van der Waals surface area contributed by atoms with Crippen molar-refractivity contribution >= 4 is 5.91 Å². The molecule has 0 saturated heterocycles. The summed E-state index contributed by atoms with van der Waals surface area (Å²) in [5.41, 5.74) is 4.66. The Morgan fingerprint density at radius 2 is 1.97 bits per heavy atom. The fourth-order valence-corrected chi connectivity index (χ4v) is 4.16. The zero-order chi connectivity index (χ0) is 22.7. The van der Waals surface area contributed by atoms with Gasteiger partial charge in [-0.2, -0.15) is 5.10 Å². The first kappa shape index (κ1) is 22.0. The van der Waals surface area contributed by atoms with Crippen LogP contribution in [0.1, 0.15) is 34.2 Å². The van der Waals surface area contributed by atoms with Crippen molar-refractivity contribution in [1.29, 1.82) is 0 Å². The molecule has 0 bridgehead atoms. The third-order valence-corrected chi connectivity index (χ3v) is 6.07. The molecule has 0 fully saturated rings. The molecular weight excluding hydrogens is 407 g/mol. The number of nitrogens with one attached hydrogen (secondary N) is 1. The van der Waals surface area contributed by atoms with Crippen LogP contribution in [0, 0.1) is 19.7 Å². The molecule has 32 heavy (non-hydrogen) atoms. The van der Waals surface area contributed by atoms with E-state index >= 15 is 0 Å².